The molecule has 0 aliphatic carbocycles. The van der Waals surface area contributed by atoms with Crippen molar-refractivity contribution in [2.24, 2.45) is 10.2 Å². The van der Waals surface area contributed by atoms with Crippen LogP contribution in [0.15, 0.2) is 83.0 Å². The predicted molar refractivity (Wildman–Crippen MR) is 147 cm³/mol. The maximum absolute atomic E-state index is 12.4. The minimum absolute atomic E-state index is 0.0365. The number of carbonyl (C=O) groups excluding carboxylic acids is 1. The molecule has 1 heterocycles. The molecule has 0 aromatic heterocycles. The van der Waals surface area contributed by atoms with E-state index in [1.54, 1.807) is 13.3 Å². The molecule has 1 unspecified atom stereocenters. The summed E-state index contributed by atoms with van der Waals surface area (Å²) in [5.74, 6) is 1.24. The highest BCUT2D eigenvalue weighted by Gasteiger charge is 2.30. The normalized spacial score (nSPS) is 16.4. The molecule has 1 saturated heterocycles. The fourth-order valence-corrected chi connectivity index (χ4v) is 4.76. The van der Waals surface area contributed by atoms with Gasteiger partial charge in [-0.3, -0.25) is 4.79 Å². The summed E-state index contributed by atoms with van der Waals surface area (Å²) in [5, 5.41) is 11.5. The summed E-state index contributed by atoms with van der Waals surface area (Å²) in [4.78, 5) is 12.4. The Balaban J connectivity index is 1.32. The van der Waals surface area contributed by atoms with E-state index in [-0.39, 0.29) is 11.2 Å². The molecule has 3 aromatic rings. The third-order valence-corrected chi connectivity index (χ3v) is 6.89. The quantitative estimate of drug-likeness (QED) is 0.267. The first-order valence-corrected chi connectivity index (χ1v) is 13.0. The summed E-state index contributed by atoms with van der Waals surface area (Å²) in [6, 6.07) is 24.1. The van der Waals surface area contributed by atoms with Gasteiger partial charge in [0.05, 0.1) is 18.6 Å². The number of aryl methyl sites for hydroxylation is 1. The van der Waals surface area contributed by atoms with Gasteiger partial charge in [0.1, 0.15) is 6.61 Å². The molecule has 0 radical (unpaired) electrons. The maximum atomic E-state index is 12.4. The van der Waals surface area contributed by atoms with E-state index in [0.717, 1.165) is 23.1 Å². The topological polar surface area (TPSA) is 72.3 Å². The van der Waals surface area contributed by atoms with Gasteiger partial charge in [0, 0.05) is 0 Å². The molecule has 6 nitrogen and oxygen atoms in total. The monoisotopic (exact) mass is 501 g/mol. The molecule has 36 heavy (non-hydrogen) atoms. The van der Waals surface area contributed by atoms with E-state index < -0.39 is 0 Å². The molecule has 0 bridgehead atoms. The van der Waals surface area contributed by atoms with Crippen LogP contribution in [0.25, 0.3) is 0 Å². The first-order valence-electron chi connectivity index (χ1n) is 12.2. The Morgan fingerprint density at radius 3 is 2.50 bits per heavy atom. The zero-order valence-electron chi connectivity index (χ0n) is 20.6. The van der Waals surface area contributed by atoms with Crippen LogP contribution in [0.1, 0.15) is 42.0 Å². The van der Waals surface area contributed by atoms with Crippen LogP contribution >= 0.6 is 11.8 Å². The van der Waals surface area contributed by atoms with Gasteiger partial charge in [0.25, 0.3) is 0 Å². The summed E-state index contributed by atoms with van der Waals surface area (Å²) >= 11 is 1.41. The molecule has 1 fully saturated rings. The number of nitrogens with one attached hydrogen (secondary N) is 1. The van der Waals surface area contributed by atoms with Crippen LogP contribution in [0.4, 0.5) is 0 Å². The number of amides is 1. The van der Waals surface area contributed by atoms with Crippen LogP contribution in [0.3, 0.4) is 0 Å². The van der Waals surface area contributed by atoms with Gasteiger partial charge in [-0.2, -0.15) is 5.10 Å². The number of thioether (sulfide) groups is 1. The smallest absolute Gasteiger partial charge is 0.239 e. The van der Waals surface area contributed by atoms with E-state index in [0.29, 0.717) is 29.7 Å². The number of hydrogen-bond donors (Lipinski definition) is 1. The van der Waals surface area contributed by atoms with Crippen molar-refractivity contribution in [1.29, 1.82) is 0 Å². The summed E-state index contributed by atoms with van der Waals surface area (Å²) in [6.45, 7) is 2.66. The fraction of sp³-hybridized carbons (Fsp3) is 0.276. The number of benzene rings is 3. The molecule has 7 heteroatoms. The molecule has 1 aliphatic rings. The predicted octanol–water partition coefficient (Wildman–Crippen LogP) is 5.78. The van der Waals surface area contributed by atoms with Crippen LogP contribution < -0.4 is 14.8 Å². The Morgan fingerprint density at radius 1 is 0.972 bits per heavy atom. The number of ether oxygens (including phenoxy) is 2. The molecule has 186 valence electrons. The first-order chi connectivity index (χ1) is 17.6. The Bertz CT molecular complexity index is 1210. The Labute approximate surface area is 216 Å². The van der Waals surface area contributed by atoms with Crippen LogP contribution in [-0.4, -0.2) is 29.6 Å². The Hall–Kier alpha value is -3.58. The van der Waals surface area contributed by atoms with Crippen LogP contribution in [0, 0.1) is 0 Å². The van der Waals surface area contributed by atoms with Gasteiger partial charge in [0.2, 0.25) is 5.91 Å². The highest BCUT2D eigenvalue weighted by molar-refractivity contribution is 8.15. The number of hydrogen-bond acceptors (Lipinski definition) is 6. The molecule has 1 amide bonds. The van der Waals surface area contributed by atoms with Crippen molar-refractivity contribution < 1.29 is 14.3 Å². The second-order valence-corrected chi connectivity index (χ2v) is 9.75. The molecule has 1 atom stereocenters. The summed E-state index contributed by atoms with van der Waals surface area (Å²) in [5.41, 5.74) is 4.39. The third-order valence-electron chi connectivity index (χ3n) is 5.82. The SMILES string of the molecule is CCCCc1ccc(CC2SC(=NN=Cc3ccc(OCc4ccccc4)c(OC)c3)NC2=O)cc1. The molecule has 1 N–H and O–H groups in total. The van der Waals surface area contributed by atoms with Gasteiger partial charge in [0.15, 0.2) is 16.7 Å². The second kappa shape index (κ2) is 12.9. The van der Waals surface area contributed by atoms with Gasteiger partial charge < -0.3 is 14.8 Å². The summed E-state index contributed by atoms with van der Waals surface area (Å²) in [7, 11) is 1.61. The van der Waals surface area contributed by atoms with E-state index in [9.17, 15) is 4.79 Å². The van der Waals surface area contributed by atoms with Crippen LogP contribution in [0.5, 0.6) is 11.5 Å². The average Bonchev–Trinajstić information content (AvgIpc) is 3.26. The zero-order valence-corrected chi connectivity index (χ0v) is 21.5. The minimum Gasteiger partial charge on any atom is -0.493 e. The molecular weight excluding hydrogens is 470 g/mol. The van der Waals surface area contributed by atoms with Crippen molar-refractivity contribution in [3.05, 3.63) is 95.1 Å². The highest BCUT2D eigenvalue weighted by atomic mass is 32.2. The largest absolute Gasteiger partial charge is 0.493 e. The Morgan fingerprint density at radius 2 is 1.75 bits per heavy atom. The first kappa shape index (κ1) is 25.5. The highest BCUT2D eigenvalue weighted by Crippen LogP contribution is 2.28. The van der Waals surface area contributed by atoms with E-state index >= 15 is 0 Å². The molecule has 3 aromatic carbocycles. The van der Waals surface area contributed by atoms with Crippen molar-refractivity contribution in [2.75, 3.05) is 7.11 Å². The molecule has 0 spiro atoms. The van der Waals surface area contributed by atoms with Crippen molar-refractivity contribution in [3.8, 4) is 11.5 Å². The van der Waals surface area contributed by atoms with Gasteiger partial charge >= 0.3 is 0 Å². The lowest BCUT2D eigenvalue weighted by Gasteiger charge is -2.11. The van der Waals surface area contributed by atoms with Crippen molar-refractivity contribution in [1.82, 2.24) is 5.32 Å². The van der Waals surface area contributed by atoms with E-state index in [1.807, 2.05) is 48.5 Å². The zero-order chi connectivity index (χ0) is 25.2. The van der Waals surface area contributed by atoms with Crippen molar-refractivity contribution in [2.45, 2.75) is 44.5 Å². The van der Waals surface area contributed by atoms with Gasteiger partial charge in [-0.25, -0.2) is 0 Å². The number of amidine groups is 1. The second-order valence-electron chi connectivity index (χ2n) is 8.55. The molecule has 1 aliphatic heterocycles. The number of carbonyl (C=O) groups is 1. The fourth-order valence-electron chi connectivity index (χ4n) is 3.79. The lowest BCUT2D eigenvalue weighted by molar-refractivity contribution is -0.118. The average molecular weight is 502 g/mol. The third kappa shape index (κ3) is 7.21. The number of methoxy groups -OCH3 is 1. The molecule has 0 saturated carbocycles. The number of nitrogens with zero attached hydrogens (tertiary/aromatic N) is 2. The maximum Gasteiger partial charge on any atom is 0.239 e. The minimum atomic E-state index is -0.207. The van der Waals surface area contributed by atoms with Crippen molar-refractivity contribution in [3.63, 3.8) is 0 Å². The van der Waals surface area contributed by atoms with E-state index in [1.165, 1.54) is 30.2 Å². The summed E-state index contributed by atoms with van der Waals surface area (Å²) in [6.07, 6.45) is 5.77. The van der Waals surface area contributed by atoms with E-state index in [4.69, 9.17) is 9.47 Å². The van der Waals surface area contributed by atoms with E-state index in [2.05, 4.69) is 46.7 Å². The van der Waals surface area contributed by atoms with Crippen molar-refractivity contribution >= 4 is 29.1 Å². The molecular formula is C29H31N3O3S. The van der Waals surface area contributed by atoms with Gasteiger partial charge in [-0.05, 0) is 59.7 Å². The molecule has 4 rings (SSSR count). The van der Waals surface area contributed by atoms with Crippen LogP contribution in [0.2, 0.25) is 0 Å². The standard InChI is InChI=1S/C29H31N3O3S/c1-3-4-8-21-11-13-22(14-12-21)18-27-28(33)31-29(36-27)32-30-19-24-15-16-25(26(17-24)34-2)35-20-23-9-6-5-7-10-23/h5-7,9-17,19,27H,3-4,8,18,20H2,1-2H3,(H,31,32,33). The lowest BCUT2D eigenvalue weighted by atomic mass is 10.0. The number of unbranched alkanes of at least 4 members (excludes halogenated alkanes) is 1. The van der Waals surface area contributed by atoms with Gasteiger partial charge in [-0.15, -0.1) is 5.10 Å². The lowest BCUT2D eigenvalue weighted by Crippen LogP contribution is -2.25. The summed E-state index contributed by atoms with van der Waals surface area (Å²) < 4.78 is 11.4. The van der Waals surface area contributed by atoms with Crippen LogP contribution in [-0.2, 0) is 24.2 Å². The van der Waals surface area contributed by atoms with Gasteiger partial charge in [-0.1, -0.05) is 79.7 Å². The number of rotatable bonds is 11. The Kier molecular flexibility index (Phi) is 9.16.